The Kier molecular flexibility index (Phi) is 20.8. The van der Waals surface area contributed by atoms with E-state index in [1.807, 2.05) is 0 Å². The van der Waals surface area contributed by atoms with Gasteiger partial charge < -0.3 is 20.8 Å². The zero-order valence-electron chi connectivity index (χ0n) is 17.6. The van der Waals surface area contributed by atoms with Gasteiger partial charge in [0.1, 0.15) is 0 Å². The smallest absolute Gasteiger partial charge is 0.220 e. The molecule has 0 aromatic heterocycles. The maximum atomic E-state index is 11.3. The molecule has 0 unspecified atom stereocenters. The van der Waals surface area contributed by atoms with Gasteiger partial charge in [0.2, 0.25) is 11.8 Å². The predicted octanol–water partition coefficient (Wildman–Crippen LogP) is 3.22. The van der Waals surface area contributed by atoms with Gasteiger partial charge >= 0.3 is 0 Å². The largest absolute Gasteiger partial charge is 0.395 e. The van der Waals surface area contributed by atoms with Crippen molar-refractivity contribution in [3.8, 4) is 0 Å². The molecule has 164 valence electrons. The van der Waals surface area contributed by atoms with Crippen LogP contribution in [0.25, 0.3) is 0 Å². The second-order valence-electron chi connectivity index (χ2n) is 7.23. The summed E-state index contributed by atoms with van der Waals surface area (Å²) in [7, 11) is 0. The summed E-state index contributed by atoms with van der Waals surface area (Å²) >= 11 is 0. The Balaban J connectivity index is 3.22. The Hall–Kier alpha value is -1.40. The Labute approximate surface area is 171 Å². The molecule has 0 aromatic rings. The number of rotatable bonds is 20. The molecule has 4 N–H and O–H groups in total. The lowest BCUT2D eigenvalue weighted by Crippen LogP contribution is -2.25. The number of hydrogen-bond donors (Lipinski definition) is 4. The highest BCUT2D eigenvalue weighted by atomic mass is 16.3. The minimum atomic E-state index is 0.00603. The lowest BCUT2D eigenvalue weighted by molar-refractivity contribution is -0.122. The number of amides is 2. The number of carbonyl (C=O) groups is 2. The van der Waals surface area contributed by atoms with Gasteiger partial charge in [-0.1, -0.05) is 50.7 Å². The fourth-order valence-electron chi connectivity index (χ4n) is 2.96. The zero-order chi connectivity index (χ0) is 20.7. The minimum Gasteiger partial charge on any atom is -0.395 e. The number of aliphatic hydroxyl groups excluding tert-OH is 2. The van der Waals surface area contributed by atoms with Crippen molar-refractivity contribution in [2.45, 2.75) is 89.9 Å². The topological polar surface area (TPSA) is 98.7 Å². The van der Waals surface area contributed by atoms with Gasteiger partial charge in [0, 0.05) is 25.9 Å². The van der Waals surface area contributed by atoms with E-state index >= 15 is 0 Å². The summed E-state index contributed by atoms with van der Waals surface area (Å²) in [6, 6.07) is 0. The first-order chi connectivity index (χ1) is 13.7. The molecule has 0 atom stereocenters. The van der Waals surface area contributed by atoms with E-state index < -0.39 is 0 Å². The van der Waals surface area contributed by atoms with Crippen LogP contribution in [0.15, 0.2) is 12.2 Å². The molecule has 0 saturated heterocycles. The van der Waals surface area contributed by atoms with Crippen molar-refractivity contribution in [3.05, 3.63) is 12.2 Å². The third kappa shape index (κ3) is 20.9. The van der Waals surface area contributed by atoms with Crippen molar-refractivity contribution in [1.82, 2.24) is 10.6 Å². The summed E-state index contributed by atoms with van der Waals surface area (Å²) in [6.07, 6.45) is 19.3. The molecule has 6 heteroatoms. The molecule has 0 aliphatic heterocycles. The second kappa shape index (κ2) is 21.9. The highest BCUT2D eigenvalue weighted by molar-refractivity contribution is 5.76. The van der Waals surface area contributed by atoms with Crippen molar-refractivity contribution in [1.29, 1.82) is 0 Å². The van der Waals surface area contributed by atoms with Crippen molar-refractivity contribution in [2.24, 2.45) is 0 Å². The summed E-state index contributed by atoms with van der Waals surface area (Å²) in [6.45, 7) is 0.726. The van der Waals surface area contributed by atoms with Gasteiger partial charge in [0.15, 0.2) is 0 Å². The average Bonchev–Trinajstić information content (AvgIpc) is 2.70. The molecule has 0 bridgehead atoms. The van der Waals surface area contributed by atoms with Crippen molar-refractivity contribution < 1.29 is 19.8 Å². The molecule has 0 rings (SSSR count). The van der Waals surface area contributed by atoms with Gasteiger partial charge in [-0.15, -0.1) is 0 Å². The van der Waals surface area contributed by atoms with Crippen LogP contribution in [0.5, 0.6) is 0 Å². The van der Waals surface area contributed by atoms with Gasteiger partial charge in [-0.2, -0.15) is 0 Å². The lowest BCUT2D eigenvalue weighted by atomic mass is 10.1. The van der Waals surface area contributed by atoms with Crippen LogP contribution < -0.4 is 10.6 Å². The fourth-order valence-corrected chi connectivity index (χ4v) is 2.96. The third-order valence-corrected chi connectivity index (χ3v) is 4.58. The number of hydrogen-bond acceptors (Lipinski definition) is 4. The van der Waals surface area contributed by atoms with Crippen molar-refractivity contribution in [3.63, 3.8) is 0 Å². The van der Waals surface area contributed by atoms with Crippen molar-refractivity contribution in [2.75, 3.05) is 26.3 Å². The molecule has 0 fully saturated rings. The van der Waals surface area contributed by atoms with Crippen LogP contribution in [0.3, 0.4) is 0 Å². The van der Waals surface area contributed by atoms with E-state index in [0.29, 0.717) is 25.9 Å². The molecule has 0 heterocycles. The first kappa shape index (κ1) is 26.6. The summed E-state index contributed by atoms with van der Waals surface area (Å²) < 4.78 is 0. The van der Waals surface area contributed by atoms with Crippen LogP contribution in [0, 0.1) is 0 Å². The predicted molar refractivity (Wildman–Crippen MR) is 114 cm³/mol. The molecule has 0 radical (unpaired) electrons. The first-order valence-corrected chi connectivity index (χ1v) is 11.1. The normalized spacial score (nSPS) is 11.1. The van der Waals surface area contributed by atoms with Gasteiger partial charge in [-0.25, -0.2) is 0 Å². The van der Waals surface area contributed by atoms with Crippen LogP contribution >= 0.6 is 0 Å². The van der Waals surface area contributed by atoms with Gasteiger partial charge in [-0.05, 0) is 38.5 Å². The van der Waals surface area contributed by atoms with E-state index in [1.165, 1.54) is 38.5 Å². The SMILES string of the molecule is O=C(CCCCCCC/C=C\CCCCCCCC(=O)NCCO)NCCO. The second-order valence-corrected chi connectivity index (χ2v) is 7.23. The van der Waals surface area contributed by atoms with Crippen LogP contribution in [0.4, 0.5) is 0 Å². The zero-order valence-corrected chi connectivity index (χ0v) is 17.6. The molecular weight excluding hydrogens is 356 g/mol. The summed E-state index contributed by atoms with van der Waals surface area (Å²) in [5.74, 6) is 0.0843. The molecule has 28 heavy (non-hydrogen) atoms. The highest BCUT2D eigenvalue weighted by Crippen LogP contribution is 2.10. The van der Waals surface area contributed by atoms with Gasteiger partial charge in [0.05, 0.1) is 13.2 Å². The number of allylic oxidation sites excluding steroid dienone is 2. The lowest BCUT2D eigenvalue weighted by Gasteiger charge is -2.03. The van der Waals surface area contributed by atoms with Crippen LogP contribution in [-0.2, 0) is 9.59 Å². The number of nitrogens with one attached hydrogen (secondary N) is 2. The molecule has 0 spiro atoms. The van der Waals surface area contributed by atoms with E-state index in [1.54, 1.807) is 0 Å². The fraction of sp³-hybridized carbons (Fsp3) is 0.818. The van der Waals surface area contributed by atoms with E-state index in [-0.39, 0.29) is 25.0 Å². The highest BCUT2D eigenvalue weighted by Gasteiger charge is 2.00. The van der Waals surface area contributed by atoms with Crippen LogP contribution in [0.2, 0.25) is 0 Å². The van der Waals surface area contributed by atoms with Crippen LogP contribution in [0.1, 0.15) is 89.9 Å². The molecule has 0 aliphatic rings. The number of unbranched alkanes of at least 4 members (excludes halogenated alkanes) is 10. The van der Waals surface area contributed by atoms with Crippen molar-refractivity contribution >= 4 is 11.8 Å². The standard InChI is InChI=1S/C22H42N2O4/c25-19-17-23-21(27)15-13-11-9-7-5-3-1-2-4-6-8-10-12-14-16-22(28)24-18-20-26/h1-2,25-26H,3-20H2,(H,23,27)(H,24,28)/b2-1-. The Morgan fingerprint density at radius 1 is 0.571 bits per heavy atom. The minimum absolute atomic E-state index is 0.00603. The molecule has 6 nitrogen and oxygen atoms in total. The van der Waals surface area contributed by atoms with E-state index in [4.69, 9.17) is 10.2 Å². The van der Waals surface area contributed by atoms with Gasteiger partial charge in [-0.3, -0.25) is 9.59 Å². The average molecular weight is 399 g/mol. The Bertz CT molecular complexity index is 364. The maximum absolute atomic E-state index is 11.3. The van der Waals surface area contributed by atoms with Gasteiger partial charge in [0.25, 0.3) is 0 Å². The molecule has 0 saturated carbocycles. The molecule has 0 aromatic carbocycles. The first-order valence-electron chi connectivity index (χ1n) is 11.1. The summed E-state index contributed by atoms with van der Waals surface area (Å²) in [5, 5.41) is 22.6. The molecule has 2 amide bonds. The number of aliphatic hydroxyl groups is 2. The van der Waals surface area contributed by atoms with Crippen LogP contribution in [-0.4, -0.2) is 48.3 Å². The maximum Gasteiger partial charge on any atom is 0.220 e. The quantitative estimate of drug-likeness (QED) is 0.187. The number of carbonyl (C=O) groups excluding carboxylic acids is 2. The van der Waals surface area contributed by atoms with E-state index in [2.05, 4.69) is 22.8 Å². The molecular formula is C22H42N2O4. The Morgan fingerprint density at radius 2 is 0.929 bits per heavy atom. The third-order valence-electron chi connectivity index (χ3n) is 4.58. The summed E-state index contributed by atoms with van der Waals surface area (Å²) in [5.41, 5.74) is 0. The van der Waals surface area contributed by atoms with E-state index in [0.717, 1.165) is 38.5 Å². The summed E-state index contributed by atoms with van der Waals surface area (Å²) in [4.78, 5) is 22.7. The monoisotopic (exact) mass is 398 g/mol. The van der Waals surface area contributed by atoms with E-state index in [9.17, 15) is 9.59 Å². The Morgan fingerprint density at radius 3 is 1.32 bits per heavy atom. The molecule has 0 aliphatic carbocycles.